The lowest BCUT2D eigenvalue weighted by Gasteiger charge is -2.06. The van der Waals surface area contributed by atoms with Crippen molar-refractivity contribution in [3.63, 3.8) is 0 Å². The summed E-state index contributed by atoms with van der Waals surface area (Å²) in [4.78, 5) is 11.8. The maximum absolute atomic E-state index is 12.4. The molecule has 0 aliphatic rings. The quantitative estimate of drug-likeness (QED) is 0.684. The van der Waals surface area contributed by atoms with Crippen LogP contribution < -0.4 is 15.7 Å². The van der Waals surface area contributed by atoms with E-state index in [2.05, 4.69) is 14.8 Å². The van der Waals surface area contributed by atoms with Gasteiger partial charge in [0.05, 0.1) is 10.0 Å². The Kier molecular flexibility index (Phi) is 4.84. The van der Waals surface area contributed by atoms with Gasteiger partial charge in [-0.3, -0.25) is 4.52 Å². The zero-order chi connectivity index (χ0) is 18.1. The minimum Gasteiger partial charge on any atom is -0.378 e. The van der Waals surface area contributed by atoms with E-state index in [0.717, 1.165) is 3.97 Å². The van der Waals surface area contributed by atoms with Gasteiger partial charge in [0.25, 0.3) is 0 Å². The number of hydrogen-bond acceptors (Lipinski definition) is 8. The molecule has 0 saturated carbocycles. The molecule has 0 spiro atoms. The molecule has 0 fully saturated rings. The topological polar surface area (TPSA) is 126 Å². The fourth-order valence-corrected chi connectivity index (χ4v) is 3.11. The second kappa shape index (κ2) is 6.90. The van der Waals surface area contributed by atoms with E-state index in [1.807, 2.05) is 0 Å². The van der Waals surface area contributed by atoms with Crippen molar-refractivity contribution in [3.05, 3.63) is 55.9 Å². The Labute approximate surface area is 153 Å². The van der Waals surface area contributed by atoms with Crippen LogP contribution in [0.5, 0.6) is 5.75 Å². The highest BCUT2D eigenvalue weighted by molar-refractivity contribution is 7.79. The zero-order valence-corrected chi connectivity index (χ0v) is 14.9. The van der Waals surface area contributed by atoms with Crippen molar-refractivity contribution in [3.8, 4) is 5.75 Å². The van der Waals surface area contributed by atoms with E-state index in [1.54, 1.807) is 18.2 Å². The van der Waals surface area contributed by atoms with Crippen LogP contribution in [-0.4, -0.2) is 18.5 Å². The molecule has 0 bridgehead atoms. The third-order valence-corrected chi connectivity index (χ3v) is 4.82. The molecule has 0 saturated heterocycles. The average Bonchev–Trinajstić information content (AvgIpc) is 3.08. The van der Waals surface area contributed by atoms with Gasteiger partial charge in [-0.2, -0.15) is 4.21 Å². The number of aryl methyl sites for hydroxylation is 1. The average molecular weight is 405 g/mol. The van der Waals surface area contributed by atoms with Crippen molar-refractivity contribution in [2.24, 2.45) is 0 Å². The standard InChI is InChI=1S/C13H10Cl2N4O5S/c1-6-11(12(16)18-22-6)24-25(21)19-10(17-23-13(19)20)5-7-2-3-8(14)9(15)4-7/h2-4H,5H2,1H3,(H2,16,18). The molecule has 1 aromatic carbocycles. The van der Waals surface area contributed by atoms with Gasteiger partial charge in [0.1, 0.15) is 0 Å². The molecule has 0 radical (unpaired) electrons. The third-order valence-electron chi connectivity index (χ3n) is 3.11. The molecule has 0 amide bonds. The zero-order valence-electron chi connectivity index (χ0n) is 12.6. The number of nitrogens with two attached hydrogens (primary N) is 1. The van der Waals surface area contributed by atoms with Crippen LogP contribution in [0.4, 0.5) is 5.82 Å². The van der Waals surface area contributed by atoms with Gasteiger partial charge in [-0.15, -0.1) is 3.97 Å². The van der Waals surface area contributed by atoms with E-state index in [-0.39, 0.29) is 29.6 Å². The second-order valence-corrected chi connectivity index (χ2v) is 6.62. The summed E-state index contributed by atoms with van der Waals surface area (Å²) >= 11 is 9.52. The molecule has 0 aliphatic carbocycles. The lowest BCUT2D eigenvalue weighted by molar-refractivity contribution is 0.379. The van der Waals surface area contributed by atoms with Crippen LogP contribution in [0.25, 0.3) is 0 Å². The van der Waals surface area contributed by atoms with Crippen LogP contribution in [0, 0.1) is 6.92 Å². The van der Waals surface area contributed by atoms with Crippen LogP contribution in [-0.2, 0) is 17.7 Å². The third kappa shape index (κ3) is 3.55. The smallest absolute Gasteiger partial charge is 0.378 e. The Balaban J connectivity index is 1.90. The summed E-state index contributed by atoms with van der Waals surface area (Å²) in [5.41, 5.74) is 6.23. The molecule has 2 N–H and O–H groups in total. The highest BCUT2D eigenvalue weighted by Gasteiger charge is 2.22. The molecule has 0 aliphatic heterocycles. The normalized spacial score (nSPS) is 12.3. The van der Waals surface area contributed by atoms with Gasteiger partial charge >= 0.3 is 17.0 Å². The van der Waals surface area contributed by atoms with Crippen LogP contribution in [0.3, 0.4) is 0 Å². The molecule has 1 unspecified atom stereocenters. The number of rotatable bonds is 5. The van der Waals surface area contributed by atoms with E-state index in [1.165, 1.54) is 6.92 Å². The van der Waals surface area contributed by atoms with Crippen molar-refractivity contribution in [2.45, 2.75) is 13.3 Å². The van der Waals surface area contributed by atoms with Gasteiger partial charge in [-0.1, -0.05) is 39.6 Å². The minimum atomic E-state index is -2.30. The van der Waals surface area contributed by atoms with E-state index in [4.69, 9.17) is 37.6 Å². The Bertz CT molecular complexity index is 993. The molecule has 3 aromatic rings. The van der Waals surface area contributed by atoms with Gasteiger partial charge in [-0.05, 0) is 17.7 Å². The Morgan fingerprint density at radius 1 is 1.28 bits per heavy atom. The largest absolute Gasteiger partial charge is 0.456 e. The number of anilines is 1. The number of benzene rings is 1. The number of nitrogens with zero attached hydrogens (tertiary/aromatic N) is 3. The molecular formula is C13H10Cl2N4O5S. The first-order chi connectivity index (χ1) is 11.9. The summed E-state index contributed by atoms with van der Waals surface area (Å²) in [5, 5.41) is 7.80. The van der Waals surface area contributed by atoms with Crippen molar-refractivity contribution >= 4 is 40.3 Å². The van der Waals surface area contributed by atoms with E-state index in [9.17, 15) is 9.00 Å². The number of hydrogen-bond donors (Lipinski definition) is 1. The van der Waals surface area contributed by atoms with Gasteiger partial charge in [0.15, 0.2) is 11.6 Å². The molecule has 3 rings (SSSR count). The fraction of sp³-hybridized carbons (Fsp3) is 0.154. The van der Waals surface area contributed by atoms with Gasteiger partial charge in [0, 0.05) is 13.3 Å². The SMILES string of the molecule is Cc1onc(N)c1OS(=O)n1c(Cc2ccc(Cl)c(Cl)c2)noc1=O. The predicted molar refractivity (Wildman–Crippen MR) is 89.9 cm³/mol. The minimum absolute atomic E-state index is 0.0353. The first-order valence-electron chi connectivity index (χ1n) is 6.70. The van der Waals surface area contributed by atoms with Gasteiger partial charge in [-0.25, -0.2) is 4.79 Å². The summed E-state index contributed by atoms with van der Waals surface area (Å²) in [6.45, 7) is 1.52. The number of aromatic nitrogens is 3. The molecular weight excluding hydrogens is 395 g/mol. The molecule has 9 nitrogen and oxygen atoms in total. The molecule has 2 heterocycles. The number of nitrogen functional groups attached to an aromatic ring is 1. The van der Waals surface area contributed by atoms with Crippen molar-refractivity contribution in [2.75, 3.05) is 5.73 Å². The molecule has 25 heavy (non-hydrogen) atoms. The maximum Gasteiger partial charge on any atom is 0.456 e. The van der Waals surface area contributed by atoms with E-state index < -0.39 is 17.0 Å². The summed E-state index contributed by atoms with van der Waals surface area (Å²) in [6, 6.07) is 4.87. The highest BCUT2D eigenvalue weighted by Crippen LogP contribution is 2.26. The maximum atomic E-state index is 12.4. The Morgan fingerprint density at radius 3 is 2.68 bits per heavy atom. The summed E-state index contributed by atoms with van der Waals surface area (Å²) < 4.78 is 27.7. The lowest BCUT2D eigenvalue weighted by Crippen LogP contribution is -2.24. The van der Waals surface area contributed by atoms with E-state index >= 15 is 0 Å². The predicted octanol–water partition coefficient (Wildman–Crippen LogP) is 2.12. The lowest BCUT2D eigenvalue weighted by atomic mass is 10.1. The van der Waals surface area contributed by atoms with Crippen LogP contribution >= 0.6 is 23.2 Å². The Morgan fingerprint density at radius 2 is 2.04 bits per heavy atom. The summed E-state index contributed by atoms with van der Waals surface area (Å²) in [5.74, 6) is -0.815. The first-order valence-corrected chi connectivity index (χ1v) is 8.49. The van der Waals surface area contributed by atoms with Crippen molar-refractivity contribution < 1.29 is 17.4 Å². The molecule has 2 aromatic heterocycles. The van der Waals surface area contributed by atoms with Gasteiger partial charge < -0.3 is 14.4 Å². The molecule has 132 valence electrons. The second-order valence-electron chi connectivity index (χ2n) is 4.84. The summed E-state index contributed by atoms with van der Waals surface area (Å²) in [7, 11) is 0. The van der Waals surface area contributed by atoms with E-state index in [0.29, 0.717) is 15.6 Å². The van der Waals surface area contributed by atoms with Crippen LogP contribution in [0.2, 0.25) is 10.0 Å². The summed E-state index contributed by atoms with van der Waals surface area (Å²) in [6.07, 6.45) is 0.107. The van der Waals surface area contributed by atoms with Crippen LogP contribution in [0.1, 0.15) is 17.1 Å². The monoisotopic (exact) mass is 404 g/mol. The Hall–Kier alpha value is -2.30. The highest BCUT2D eigenvalue weighted by atomic mass is 35.5. The first kappa shape index (κ1) is 17.5. The van der Waals surface area contributed by atoms with Gasteiger partial charge in [0.2, 0.25) is 11.6 Å². The fourth-order valence-electron chi connectivity index (χ4n) is 1.95. The van der Waals surface area contributed by atoms with Crippen molar-refractivity contribution in [1.82, 2.24) is 14.3 Å². The molecule has 12 heteroatoms. The van der Waals surface area contributed by atoms with Crippen LogP contribution in [0.15, 0.2) is 32.0 Å². The number of halogens is 2. The van der Waals surface area contributed by atoms with Crippen molar-refractivity contribution in [1.29, 1.82) is 0 Å². The molecule has 1 atom stereocenters.